The number of amides is 1. The number of fused-ring (bicyclic) bond motifs is 1. The summed E-state index contributed by atoms with van der Waals surface area (Å²) in [4.78, 5) is 19.4. The standard InChI is InChI=1S/C22H23ClN4O2/c1-14(2)21(28)26-19(15-6-10-18(29-3)11-7-15)12-20(27-22(26)24-13-25-27)16-4-8-17(23)9-5-16/h4-11,13-14,19-20H,12H2,1-3H3/t19-,20+/m1/s1. The summed E-state index contributed by atoms with van der Waals surface area (Å²) >= 11 is 6.08. The molecule has 2 aromatic carbocycles. The molecule has 6 nitrogen and oxygen atoms in total. The number of carbonyl (C=O) groups excluding carboxylic acids is 1. The molecule has 0 spiro atoms. The van der Waals surface area contributed by atoms with E-state index in [9.17, 15) is 4.79 Å². The number of rotatable bonds is 4. The van der Waals surface area contributed by atoms with Gasteiger partial charge in [-0.1, -0.05) is 49.7 Å². The van der Waals surface area contributed by atoms with Crippen molar-refractivity contribution in [1.82, 2.24) is 14.8 Å². The number of hydrogen-bond acceptors (Lipinski definition) is 4. The zero-order valence-corrected chi connectivity index (χ0v) is 17.4. The molecule has 0 N–H and O–H groups in total. The molecular weight excluding hydrogens is 388 g/mol. The third-order valence-corrected chi connectivity index (χ3v) is 5.56. The summed E-state index contributed by atoms with van der Waals surface area (Å²) in [7, 11) is 1.64. The van der Waals surface area contributed by atoms with E-state index >= 15 is 0 Å². The predicted octanol–water partition coefficient (Wildman–Crippen LogP) is 4.66. The van der Waals surface area contributed by atoms with Crippen LogP contribution in [0, 0.1) is 5.92 Å². The van der Waals surface area contributed by atoms with Gasteiger partial charge in [-0.25, -0.2) is 4.68 Å². The molecule has 1 aliphatic rings. The zero-order valence-electron chi connectivity index (χ0n) is 16.6. The van der Waals surface area contributed by atoms with E-state index in [-0.39, 0.29) is 23.9 Å². The van der Waals surface area contributed by atoms with Gasteiger partial charge in [0.25, 0.3) is 0 Å². The minimum Gasteiger partial charge on any atom is -0.497 e. The van der Waals surface area contributed by atoms with Gasteiger partial charge in [-0.2, -0.15) is 10.1 Å². The van der Waals surface area contributed by atoms with Crippen molar-refractivity contribution in [2.75, 3.05) is 12.0 Å². The first-order valence-electron chi connectivity index (χ1n) is 9.61. The highest BCUT2D eigenvalue weighted by Gasteiger charge is 2.39. The van der Waals surface area contributed by atoms with Crippen LogP contribution in [0.15, 0.2) is 54.9 Å². The van der Waals surface area contributed by atoms with Gasteiger partial charge in [0.05, 0.1) is 19.2 Å². The number of aromatic nitrogens is 3. The molecule has 1 amide bonds. The third kappa shape index (κ3) is 3.60. The second-order valence-electron chi connectivity index (χ2n) is 7.46. The molecule has 29 heavy (non-hydrogen) atoms. The monoisotopic (exact) mass is 410 g/mol. The van der Waals surface area contributed by atoms with E-state index in [4.69, 9.17) is 16.3 Å². The SMILES string of the molecule is COc1ccc([C@H]2C[C@@H](c3ccc(Cl)cc3)n3ncnc3N2C(=O)C(C)C)cc1. The highest BCUT2D eigenvalue weighted by Crippen LogP contribution is 2.42. The van der Waals surface area contributed by atoms with E-state index in [1.807, 2.05) is 67.1 Å². The summed E-state index contributed by atoms with van der Waals surface area (Å²) in [5.74, 6) is 1.21. The summed E-state index contributed by atoms with van der Waals surface area (Å²) in [5.41, 5.74) is 2.12. The number of ether oxygens (including phenoxy) is 1. The molecule has 0 radical (unpaired) electrons. The van der Waals surface area contributed by atoms with Crippen LogP contribution >= 0.6 is 11.6 Å². The van der Waals surface area contributed by atoms with Gasteiger partial charge >= 0.3 is 0 Å². The number of anilines is 1. The molecule has 0 aliphatic carbocycles. The van der Waals surface area contributed by atoms with Crippen molar-refractivity contribution in [3.05, 3.63) is 71.0 Å². The quantitative estimate of drug-likeness (QED) is 0.627. The topological polar surface area (TPSA) is 60.2 Å². The lowest BCUT2D eigenvalue weighted by Crippen LogP contribution is -2.44. The van der Waals surface area contributed by atoms with Gasteiger partial charge in [0.2, 0.25) is 11.9 Å². The van der Waals surface area contributed by atoms with E-state index in [0.29, 0.717) is 17.4 Å². The second kappa shape index (κ2) is 7.87. The van der Waals surface area contributed by atoms with Crippen LogP contribution in [-0.2, 0) is 4.79 Å². The molecule has 7 heteroatoms. The van der Waals surface area contributed by atoms with Crippen LogP contribution in [0.4, 0.5) is 5.95 Å². The molecule has 1 aromatic heterocycles. The molecule has 0 saturated carbocycles. The van der Waals surface area contributed by atoms with E-state index < -0.39 is 0 Å². The van der Waals surface area contributed by atoms with Gasteiger partial charge < -0.3 is 4.74 Å². The van der Waals surface area contributed by atoms with Gasteiger partial charge in [0.1, 0.15) is 12.1 Å². The fraction of sp³-hybridized carbons (Fsp3) is 0.318. The van der Waals surface area contributed by atoms with Gasteiger partial charge in [-0.05, 0) is 41.8 Å². The zero-order chi connectivity index (χ0) is 20.5. The first-order valence-corrected chi connectivity index (χ1v) is 9.99. The van der Waals surface area contributed by atoms with Crippen molar-refractivity contribution in [2.45, 2.75) is 32.4 Å². The molecule has 0 bridgehead atoms. The molecular formula is C22H23ClN4O2. The summed E-state index contributed by atoms with van der Waals surface area (Å²) in [5, 5.41) is 5.13. The maximum Gasteiger partial charge on any atom is 0.232 e. The Bertz CT molecular complexity index is 998. The van der Waals surface area contributed by atoms with Crippen molar-refractivity contribution in [2.24, 2.45) is 5.92 Å². The Morgan fingerprint density at radius 1 is 1.07 bits per heavy atom. The minimum absolute atomic E-state index is 0.0228. The summed E-state index contributed by atoms with van der Waals surface area (Å²) in [6, 6.07) is 15.4. The highest BCUT2D eigenvalue weighted by atomic mass is 35.5. The first-order chi connectivity index (χ1) is 14.0. The number of halogens is 1. The van der Waals surface area contributed by atoms with Crippen LogP contribution in [0.5, 0.6) is 5.75 Å². The average molecular weight is 411 g/mol. The van der Waals surface area contributed by atoms with Crippen LogP contribution in [0.3, 0.4) is 0 Å². The Morgan fingerprint density at radius 3 is 2.31 bits per heavy atom. The largest absolute Gasteiger partial charge is 0.497 e. The van der Waals surface area contributed by atoms with Gasteiger partial charge in [0.15, 0.2) is 0 Å². The second-order valence-corrected chi connectivity index (χ2v) is 7.90. The molecule has 1 aliphatic heterocycles. The normalized spacial score (nSPS) is 18.6. The van der Waals surface area contributed by atoms with Crippen LogP contribution in [-0.4, -0.2) is 27.8 Å². The molecule has 150 valence electrons. The van der Waals surface area contributed by atoms with Crippen LogP contribution < -0.4 is 9.64 Å². The van der Waals surface area contributed by atoms with E-state index in [2.05, 4.69) is 10.1 Å². The smallest absolute Gasteiger partial charge is 0.232 e. The van der Waals surface area contributed by atoms with Crippen molar-refractivity contribution >= 4 is 23.5 Å². The van der Waals surface area contributed by atoms with E-state index in [1.165, 1.54) is 6.33 Å². The van der Waals surface area contributed by atoms with Gasteiger partial charge in [0, 0.05) is 10.9 Å². The van der Waals surface area contributed by atoms with E-state index in [0.717, 1.165) is 16.9 Å². The lowest BCUT2D eigenvalue weighted by atomic mass is 9.91. The number of hydrogen-bond donors (Lipinski definition) is 0. The lowest BCUT2D eigenvalue weighted by molar-refractivity contribution is -0.122. The Hall–Kier alpha value is -2.86. The average Bonchev–Trinajstić information content (AvgIpc) is 3.22. The molecule has 2 heterocycles. The van der Waals surface area contributed by atoms with Crippen molar-refractivity contribution < 1.29 is 9.53 Å². The molecule has 0 saturated heterocycles. The van der Waals surface area contributed by atoms with Crippen molar-refractivity contribution in [1.29, 1.82) is 0 Å². The third-order valence-electron chi connectivity index (χ3n) is 5.31. The van der Waals surface area contributed by atoms with Crippen molar-refractivity contribution in [3.8, 4) is 5.75 Å². The Morgan fingerprint density at radius 2 is 1.69 bits per heavy atom. The van der Waals surface area contributed by atoms with Crippen LogP contribution in [0.25, 0.3) is 0 Å². The molecule has 3 aromatic rings. The summed E-state index contributed by atoms with van der Waals surface area (Å²) in [6.45, 7) is 3.80. The molecule has 0 fully saturated rings. The van der Waals surface area contributed by atoms with E-state index in [1.54, 1.807) is 12.0 Å². The summed E-state index contributed by atoms with van der Waals surface area (Å²) < 4.78 is 7.13. The van der Waals surface area contributed by atoms with Gasteiger partial charge in [-0.15, -0.1) is 0 Å². The molecule has 4 rings (SSSR count). The maximum absolute atomic E-state index is 13.2. The van der Waals surface area contributed by atoms with Crippen LogP contribution in [0.1, 0.15) is 43.5 Å². The first kappa shape index (κ1) is 19.5. The lowest BCUT2D eigenvalue weighted by Gasteiger charge is -2.40. The number of benzene rings is 2. The van der Waals surface area contributed by atoms with Crippen LogP contribution in [0.2, 0.25) is 5.02 Å². The number of methoxy groups -OCH3 is 1. The predicted molar refractivity (Wildman–Crippen MR) is 112 cm³/mol. The molecule has 2 atom stereocenters. The Labute approximate surface area is 175 Å². The fourth-order valence-corrected chi connectivity index (χ4v) is 3.92. The number of nitrogens with zero attached hydrogens (tertiary/aromatic N) is 4. The Kier molecular flexibility index (Phi) is 5.28. The van der Waals surface area contributed by atoms with Crippen molar-refractivity contribution in [3.63, 3.8) is 0 Å². The van der Waals surface area contributed by atoms with Gasteiger partial charge in [-0.3, -0.25) is 9.69 Å². The maximum atomic E-state index is 13.2. The Balaban J connectivity index is 1.82. The fourth-order valence-electron chi connectivity index (χ4n) is 3.80. The highest BCUT2D eigenvalue weighted by molar-refractivity contribution is 6.30. The molecule has 0 unspecified atom stereocenters. The number of carbonyl (C=O) groups is 1. The summed E-state index contributed by atoms with van der Waals surface area (Å²) in [6.07, 6.45) is 2.19. The minimum atomic E-state index is -0.159.